The summed E-state index contributed by atoms with van der Waals surface area (Å²) in [5, 5.41) is 8.77. The Balaban J connectivity index is 2.88. The lowest BCUT2D eigenvalue weighted by Crippen LogP contribution is -2.10. The molecular formula is C11H13BrO3. The molecule has 0 saturated heterocycles. The van der Waals surface area contributed by atoms with Crippen molar-refractivity contribution in [3.05, 3.63) is 28.2 Å². The fraction of sp³-hybridized carbons (Fsp3) is 0.364. The Labute approximate surface area is 97.2 Å². The average molecular weight is 273 g/mol. The Morgan fingerprint density at radius 1 is 1.60 bits per heavy atom. The molecule has 0 aliphatic carbocycles. The Hall–Kier alpha value is -1.03. The minimum atomic E-state index is -0.939. The first-order valence-corrected chi connectivity index (χ1v) is 5.53. The summed E-state index contributed by atoms with van der Waals surface area (Å²) in [4.78, 5) is 10.7. The molecule has 0 heterocycles. The fourth-order valence-electron chi connectivity index (χ4n) is 1.03. The van der Waals surface area contributed by atoms with Crippen LogP contribution in [0.1, 0.15) is 30.6 Å². The van der Waals surface area contributed by atoms with E-state index in [1.807, 2.05) is 13.8 Å². The van der Waals surface area contributed by atoms with Gasteiger partial charge in [-0.1, -0.05) is 6.92 Å². The Morgan fingerprint density at radius 3 is 2.73 bits per heavy atom. The second kappa shape index (κ2) is 5.16. The van der Waals surface area contributed by atoms with Crippen molar-refractivity contribution in [3.8, 4) is 5.75 Å². The molecule has 0 aliphatic rings. The summed E-state index contributed by atoms with van der Waals surface area (Å²) in [5.41, 5.74) is 0.248. The largest absolute Gasteiger partial charge is 0.490 e. The topological polar surface area (TPSA) is 46.5 Å². The normalized spacial score (nSPS) is 12.2. The maximum atomic E-state index is 10.7. The van der Waals surface area contributed by atoms with Gasteiger partial charge in [0.1, 0.15) is 5.75 Å². The van der Waals surface area contributed by atoms with Crippen molar-refractivity contribution in [1.29, 1.82) is 0 Å². The van der Waals surface area contributed by atoms with E-state index >= 15 is 0 Å². The van der Waals surface area contributed by atoms with Crippen LogP contribution in [-0.4, -0.2) is 17.2 Å². The predicted molar refractivity (Wildman–Crippen MR) is 61.5 cm³/mol. The summed E-state index contributed by atoms with van der Waals surface area (Å²) in [7, 11) is 0. The van der Waals surface area contributed by atoms with Crippen molar-refractivity contribution in [1.82, 2.24) is 0 Å². The van der Waals surface area contributed by atoms with Crippen LogP contribution in [0.5, 0.6) is 5.75 Å². The van der Waals surface area contributed by atoms with Crippen LogP contribution in [0.4, 0.5) is 0 Å². The molecule has 82 valence electrons. The van der Waals surface area contributed by atoms with Gasteiger partial charge in [0.25, 0.3) is 0 Å². The Bertz CT molecular complexity index is 363. The molecule has 0 amide bonds. The van der Waals surface area contributed by atoms with Crippen molar-refractivity contribution in [2.24, 2.45) is 0 Å². The monoisotopic (exact) mass is 272 g/mol. The predicted octanol–water partition coefficient (Wildman–Crippen LogP) is 3.32. The zero-order valence-corrected chi connectivity index (χ0v) is 10.2. The minimum Gasteiger partial charge on any atom is -0.490 e. The van der Waals surface area contributed by atoms with Crippen LogP contribution in [0.2, 0.25) is 0 Å². The molecule has 0 bridgehead atoms. The van der Waals surface area contributed by atoms with Crippen LogP contribution < -0.4 is 4.74 Å². The third-order valence-corrected chi connectivity index (χ3v) is 2.70. The summed E-state index contributed by atoms with van der Waals surface area (Å²) in [6, 6.07) is 4.74. The van der Waals surface area contributed by atoms with Gasteiger partial charge in [-0.2, -0.15) is 0 Å². The molecule has 0 saturated carbocycles. The highest BCUT2D eigenvalue weighted by atomic mass is 79.9. The van der Waals surface area contributed by atoms with E-state index in [4.69, 9.17) is 9.84 Å². The van der Waals surface area contributed by atoms with E-state index in [2.05, 4.69) is 15.9 Å². The number of rotatable bonds is 4. The summed E-state index contributed by atoms with van der Waals surface area (Å²) in [5.74, 6) is -0.264. The van der Waals surface area contributed by atoms with Gasteiger partial charge in [0, 0.05) is 0 Å². The molecule has 0 spiro atoms. The number of carboxylic acids is 1. The molecule has 15 heavy (non-hydrogen) atoms. The zero-order chi connectivity index (χ0) is 11.4. The van der Waals surface area contributed by atoms with Gasteiger partial charge in [0.15, 0.2) is 0 Å². The van der Waals surface area contributed by atoms with Crippen molar-refractivity contribution in [2.75, 3.05) is 0 Å². The first-order chi connectivity index (χ1) is 7.04. The number of aromatic carboxylic acids is 1. The van der Waals surface area contributed by atoms with E-state index in [0.717, 1.165) is 6.42 Å². The maximum Gasteiger partial charge on any atom is 0.335 e. The van der Waals surface area contributed by atoms with E-state index < -0.39 is 5.97 Å². The molecule has 3 nitrogen and oxygen atoms in total. The number of hydrogen-bond acceptors (Lipinski definition) is 2. The summed E-state index contributed by atoms with van der Waals surface area (Å²) < 4.78 is 6.26. The number of benzene rings is 1. The van der Waals surface area contributed by atoms with Crippen molar-refractivity contribution in [3.63, 3.8) is 0 Å². The highest BCUT2D eigenvalue weighted by molar-refractivity contribution is 9.10. The van der Waals surface area contributed by atoms with Crippen molar-refractivity contribution < 1.29 is 14.6 Å². The van der Waals surface area contributed by atoms with Crippen LogP contribution in [0, 0.1) is 0 Å². The first kappa shape index (κ1) is 12.0. The molecule has 0 aromatic heterocycles. The van der Waals surface area contributed by atoms with Gasteiger partial charge in [-0.3, -0.25) is 0 Å². The average Bonchev–Trinajstić information content (AvgIpc) is 2.20. The highest BCUT2D eigenvalue weighted by Gasteiger charge is 2.09. The van der Waals surface area contributed by atoms with Crippen LogP contribution in [0.3, 0.4) is 0 Å². The number of halogens is 1. The molecule has 0 fully saturated rings. The Kier molecular flexibility index (Phi) is 4.15. The van der Waals surface area contributed by atoms with Crippen molar-refractivity contribution >= 4 is 21.9 Å². The number of hydrogen-bond donors (Lipinski definition) is 1. The molecular weight excluding hydrogens is 260 g/mol. The first-order valence-electron chi connectivity index (χ1n) is 4.74. The smallest absolute Gasteiger partial charge is 0.335 e. The fourth-order valence-corrected chi connectivity index (χ4v) is 1.50. The number of carbonyl (C=O) groups is 1. The summed E-state index contributed by atoms with van der Waals surface area (Å²) in [6.45, 7) is 4.00. The van der Waals surface area contributed by atoms with Crippen molar-refractivity contribution in [2.45, 2.75) is 26.4 Å². The van der Waals surface area contributed by atoms with E-state index in [9.17, 15) is 4.79 Å². The third-order valence-electron chi connectivity index (χ3n) is 2.08. The lowest BCUT2D eigenvalue weighted by atomic mass is 10.2. The lowest BCUT2D eigenvalue weighted by molar-refractivity contribution is 0.0696. The zero-order valence-electron chi connectivity index (χ0n) is 8.66. The molecule has 0 unspecified atom stereocenters. The van der Waals surface area contributed by atoms with Gasteiger partial charge in [0.05, 0.1) is 16.1 Å². The summed E-state index contributed by atoms with van der Waals surface area (Å²) >= 11 is 3.28. The molecule has 0 radical (unpaired) electrons. The second-order valence-electron chi connectivity index (χ2n) is 3.29. The molecule has 1 N–H and O–H groups in total. The number of carboxylic acid groups (broad SMARTS) is 1. The van der Waals surface area contributed by atoms with Gasteiger partial charge in [-0.25, -0.2) is 4.79 Å². The lowest BCUT2D eigenvalue weighted by Gasteiger charge is -2.14. The second-order valence-corrected chi connectivity index (χ2v) is 4.14. The number of ether oxygens (including phenoxy) is 1. The van der Waals surface area contributed by atoms with E-state index in [1.54, 1.807) is 12.1 Å². The summed E-state index contributed by atoms with van der Waals surface area (Å²) in [6.07, 6.45) is 1.03. The third kappa shape index (κ3) is 3.23. The SMILES string of the molecule is CC[C@@H](C)Oc1ccc(C(=O)O)cc1Br. The van der Waals surface area contributed by atoms with Gasteiger partial charge in [-0.15, -0.1) is 0 Å². The van der Waals surface area contributed by atoms with Crippen LogP contribution >= 0.6 is 15.9 Å². The quantitative estimate of drug-likeness (QED) is 0.915. The highest BCUT2D eigenvalue weighted by Crippen LogP contribution is 2.27. The minimum absolute atomic E-state index is 0.122. The van der Waals surface area contributed by atoms with E-state index in [0.29, 0.717) is 10.2 Å². The van der Waals surface area contributed by atoms with Gasteiger partial charge in [-0.05, 0) is 47.5 Å². The molecule has 1 aromatic carbocycles. The van der Waals surface area contributed by atoms with Gasteiger partial charge in [0.2, 0.25) is 0 Å². The van der Waals surface area contributed by atoms with Crippen LogP contribution in [0.15, 0.2) is 22.7 Å². The molecule has 1 aromatic rings. The Morgan fingerprint density at radius 2 is 2.27 bits per heavy atom. The standard InChI is InChI=1S/C11H13BrO3/c1-3-7(2)15-10-5-4-8(11(13)14)6-9(10)12/h4-7H,3H2,1-2H3,(H,13,14)/t7-/m1/s1. The van der Waals surface area contributed by atoms with Crippen LogP contribution in [0.25, 0.3) is 0 Å². The molecule has 0 aliphatic heterocycles. The molecule has 1 rings (SSSR count). The van der Waals surface area contributed by atoms with Gasteiger partial charge < -0.3 is 9.84 Å². The maximum absolute atomic E-state index is 10.7. The molecule has 4 heteroatoms. The van der Waals surface area contributed by atoms with E-state index in [1.165, 1.54) is 6.07 Å². The molecule has 1 atom stereocenters. The van der Waals surface area contributed by atoms with E-state index in [-0.39, 0.29) is 11.7 Å². The van der Waals surface area contributed by atoms with Crippen LogP contribution in [-0.2, 0) is 0 Å². The van der Waals surface area contributed by atoms with Gasteiger partial charge >= 0.3 is 5.97 Å².